The fourth-order valence-corrected chi connectivity index (χ4v) is 3.53. The molecule has 1 heterocycles. The molecule has 0 atom stereocenters. The number of aromatic nitrogens is 2. The molecule has 1 amide bonds. The van der Waals surface area contributed by atoms with E-state index in [1.54, 1.807) is 66.7 Å². The molecule has 0 aliphatic heterocycles. The zero-order chi connectivity index (χ0) is 23.4. The molecule has 4 aromatic rings. The van der Waals surface area contributed by atoms with E-state index in [1.165, 1.54) is 0 Å². The van der Waals surface area contributed by atoms with Gasteiger partial charge in [0.1, 0.15) is 5.82 Å². The van der Waals surface area contributed by atoms with Gasteiger partial charge in [-0.2, -0.15) is 0 Å². The second-order valence-corrected chi connectivity index (χ2v) is 7.86. The minimum absolute atomic E-state index is 0.222. The molecule has 3 aromatic carbocycles. The number of ether oxygens (including phenoxy) is 1. The van der Waals surface area contributed by atoms with Gasteiger partial charge in [-0.1, -0.05) is 48.0 Å². The molecule has 0 saturated heterocycles. The maximum Gasteiger partial charge on any atom is 0.338 e. The fourth-order valence-electron chi connectivity index (χ4n) is 3.35. The Bertz CT molecular complexity index is 1410. The highest BCUT2D eigenvalue weighted by atomic mass is 35.5. The number of hydrogen-bond donors (Lipinski definition) is 2. The van der Waals surface area contributed by atoms with Crippen molar-refractivity contribution in [1.82, 2.24) is 9.97 Å². The quantitative estimate of drug-likeness (QED) is 0.417. The van der Waals surface area contributed by atoms with Gasteiger partial charge in [-0.3, -0.25) is 9.59 Å². The number of nitrogens with one attached hydrogen (secondary N) is 2. The summed E-state index contributed by atoms with van der Waals surface area (Å²) in [5, 5.41) is 3.67. The average Bonchev–Trinajstić information content (AvgIpc) is 2.80. The van der Waals surface area contributed by atoms with E-state index in [4.69, 9.17) is 16.3 Å². The molecule has 1 aromatic heterocycles. The number of rotatable bonds is 6. The topological polar surface area (TPSA) is 101 Å². The number of carbonyl (C=O) groups excluding carboxylic acids is 2. The summed E-state index contributed by atoms with van der Waals surface area (Å²) in [6.07, 6.45) is 0.222. The van der Waals surface area contributed by atoms with E-state index in [1.807, 2.05) is 6.92 Å². The largest absolute Gasteiger partial charge is 0.452 e. The molecule has 4 rings (SSSR count). The summed E-state index contributed by atoms with van der Waals surface area (Å²) in [6, 6.07) is 19.0. The molecule has 0 aliphatic carbocycles. The SMILES string of the molecule is Cc1ccc(NC(=O)COC(=O)c2ccccc2Cc2nc3ccccc3c(=O)[nH]2)cc1Cl. The smallest absolute Gasteiger partial charge is 0.338 e. The zero-order valence-electron chi connectivity index (χ0n) is 17.7. The van der Waals surface area contributed by atoms with Gasteiger partial charge in [0.15, 0.2) is 6.61 Å². The molecule has 8 heteroatoms. The van der Waals surface area contributed by atoms with Gasteiger partial charge in [-0.05, 0) is 48.4 Å². The monoisotopic (exact) mass is 461 g/mol. The van der Waals surface area contributed by atoms with E-state index in [2.05, 4.69) is 15.3 Å². The third kappa shape index (κ3) is 5.27. The second kappa shape index (κ2) is 9.67. The van der Waals surface area contributed by atoms with Crippen LogP contribution in [0.4, 0.5) is 5.69 Å². The number of halogens is 1. The molecular formula is C25H20ClN3O4. The summed E-state index contributed by atoms with van der Waals surface area (Å²) >= 11 is 6.07. The van der Waals surface area contributed by atoms with Crippen molar-refractivity contribution in [1.29, 1.82) is 0 Å². The van der Waals surface area contributed by atoms with Gasteiger partial charge in [0, 0.05) is 17.1 Å². The first-order valence-corrected chi connectivity index (χ1v) is 10.6. The van der Waals surface area contributed by atoms with Gasteiger partial charge in [0.25, 0.3) is 11.5 Å². The number of hydrogen-bond acceptors (Lipinski definition) is 5. The first-order valence-electron chi connectivity index (χ1n) is 10.2. The minimum atomic E-state index is -0.647. The maximum absolute atomic E-state index is 12.7. The Balaban J connectivity index is 1.45. The van der Waals surface area contributed by atoms with Crippen molar-refractivity contribution in [2.75, 3.05) is 11.9 Å². The van der Waals surface area contributed by atoms with Gasteiger partial charge in [0.05, 0.1) is 16.5 Å². The number of para-hydroxylation sites is 1. The Labute approximate surface area is 194 Å². The fraction of sp³-hybridized carbons (Fsp3) is 0.120. The predicted molar refractivity (Wildman–Crippen MR) is 127 cm³/mol. The summed E-state index contributed by atoms with van der Waals surface area (Å²) in [6.45, 7) is 1.40. The lowest BCUT2D eigenvalue weighted by Crippen LogP contribution is -2.21. The highest BCUT2D eigenvalue weighted by Gasteiger charge is 2.16. The number of esters is 1. The van der Waals surface area contributed by atoms with Crippen LogP contribution in [-0.2, 0) is 16.0 Å². The van der Waals surface area contributed by atoms with E-state index in [0.717, 1.165) is 5.56 Å². The molecule has 0 unspecified atom stereocenters. The number of aromatic amines is 1. The number of anilines is 1. The van der Waals surface area contributed by atoms with Crippen molar-refractivity contribution in [2.24, 2.45) is 0 Å². The summed E-state index contributed by atoms with van der Waals surface area (Å²) in [7, 11) is 0. The van der Waals surface area contributed by atoms with Gasteiger partial charge < -0.3 is 15.0 Å². The summed E-state index contributed by atoms with van der Waals surface area (Å²) in [5.74, 6) is -0.708. The van der Waals surface area contributed by atoms with E-state index >= 15 is 0 Å². The normalized spacial score (nSPS) is 10.7. The van der Waals surface area contributed by atoms with Crippen LogP contribution < -0.4 is 10.9 Å². The molecule has 0 bridgehead atoms. The van der Waals surface area contributed by atoms with Crippen molar-refractivity contribution in [2.45, 2.75) is 13.3 Å². The molecule has 0 saturated carbocycles. The number of nitrogens with zero attached hydrogens (tertiary/aromatic N) is 1. The molecule has 0 spiro atoms. The highest BCUT2D eigenvalue weighted by molar-refractivity contribution is 6.31. The van der Waals surface area contributed by atoms with Crippen LogP contribution in [0.1, 0.15) is 27.3 Å². The number of aryl methyl sites for hydroxylation is 1. The van der Waals surface area contributed by atoms with Crippen LogP contribution in [0, 0.1) is 6.92 Å². The zero-order valence-corrected chi connectivity index (χ0v) is 18.5. The Kier molecular flexibility index (Phi) is 6.51. The number of amides is 1. The summed E-state index contributed by atoms with van der Waals surface area (Å²) in [5.41, 5.74) is 2.64. The van der Waals surface area contributed by atoms with Gasteiger partial charge in [-0.25, -0.2) is 9.78 Å². The van der Waals surface area contributed by atoms with Crippen LogP contribution in [0.15, 0.2) is 71.5 Å². The lowest BCUT2D eigenvalue weighted by molar-refractivity contribution is -0.119. The Hall–Kier alpha value is -3.97. The van der Waals surface area contributed by atoms with Crippen molar-refractivity contribution in [3.8, 4) is 0 Å². The molecule has 0 aliphatic rings. The molecule has 166 valence electrons. The molecule has 7 nitrogen and oxygen atoms in total. The third-order valence-electron chi connectivity index (χ3n) is 5.05. The number of carbonyl (C=O) groups is 2. The van der Waals surface area contributed by atoms with Gasteiger partial charge in [-0.15, -0.1) is 0 Å². The first-order chi connectivity index (χ1) is 15.9. The van der Waals surface area contributed by atoms with Crippen LogP contribution in [0.25, 0.3) is 10.9 Å². The standard InChI is InChI=1S/C25H20ClN3O4/c1-15-10-11-17(13-20(15)26)27-23(30)14-33-25(32)18-7-3-2-6-16(18)12-22-28-21-9-5-4-8-19(21)24(31)29-22/h2-11,13H,12,14H2,1H3,(H,27,30)(H,28,29,31). The van der Waals surface area contributed by atoms with Crippen LogP contribution in [0.3, 0.4) is 0 Å². The van der Waals surface area contributed by atoms with Gasteiger partial charge >= 0.3 is 5.97 Å². The van der Waals surface area contributed by atoms with Crippen LogP contribution in [0.2, 0.25) is 5.02 Å². The van der Waals surface area contributed by atoms with E-state index in [0.29, 0.717) is 38.6 Å². The molecule has 33 heavy (non-hydrogen) atoms. The lowest BCUT2D eigenvalue weighted by Gasteiger charge is -2.10. The van der Waals surface area contributed by atoms with E-state index in [9.17, 15) is 14.4 Å². The number of benzene rings is 3. The van der Waals surface area contributed by atoms with Crippen LogP contribution in [-0.4, -0.2) is 28.5 Å². The average molecular weight is 462 g/mol. The third-order valence-corrected chi connectivity index (χ3v) is 5.45. The summed E-state index contributed by atoms with van der Waals surface area (Å²) < 4.78 is 5.21. The first kappa shape index (κ1) is 22.2. The van der Waals surface area contributed by atoms with Crippen LogP contribution in [0.5, 0.6) is 0 Å². The van der Waals surface area contributed by atoms with E-state index in [-0.39, 0.29) is 12.0 Å². The van der Waals surface area contributed by atoms with Gasteiger partial charge in [0.2, 0.25) is 0 Å². The Morgan fingerprint density at radius 2 is 1.82 bits per heavy atom. The lowest BCUT2D eigenvalue weighted by atomic mass is 10.0. The number of H-pyrrole nitrogens is 1. The molecular weight excluding hydrogens is 442 g/mol. The predicted octanol–water partition coefficient (Wildman–Crippen LogP) is 4.27. The van der Waals surface area contributed by atoms with Crippen molar-refractivity contribution >= 4 is 40.1 Å². The van der Waals surface area contributed by atoms with E-state index < -0.39 is 18.5 Å². The van der Waals surface area contributed by atoms with Crippen molar-refractivity contribution in [3.05, 3.63) is 105 Å². The molecule has 2 N–H and O–H groups in total. The van der Waals surface area contributed by atoms with Crippen molar-refractivity contribution < 1.29 is 14.3 Å². The maximum atomic E-state index is 12.7. The summed E-state index contributed by atoms with van der Waals surface area (Å²) in [4.78, 5) is 44.5. The second-order valence-electron chi connectivity index (χ2n) is 7.45. The number of fused-ring (bicyclic) bond motifs is 1. The highest BCUT2D eigenvalue weighted by Crippen LogP contribution is 2.20. The Morgan fingerprint density at radius 3 is 2.64 bits per heavy atom. The van der Waals surface area contributed by atoms with Crippen LogP contribution >= 0.6 is 11.6 Å². The van der Waals surface area contributed by atoms with Crippen molar-refractivity contribution in [3.63, 3.8) is 0 Å². The Morgan fingerprint density at radius 1 is 1.06 bits per heavy atom. The minimum Gasteiger partial charge on any atom is -0.452 e. The molecule has 0 radical (unpaired) electrons. The molecule has 0 fully saturated rings.